The van der Waals surface area contributed by atoms with E-state index in [9.17, 15) is 0 Å². The number of benzene rings is 2. The lowest BCUT2D eigenvalue weighted by atomic mass is 9.83. The quantitative estimate of drug-likeness (QED) is 0.582. The predicted molar refractivity (Wildman–Crippen MR) is 95.4 cm³/mol. The molecule has 0 saturated carbocycles. The van der Waals surface area contributed by atoms with Gasteiger partial charge in [0.15, 0.2) is 0 Å². The van der Waals surface area contributed by atoms with Crippen LogP contribution in [0.2, 0.25) is 0 Å². The molecule has 0 spiro atoms. The Balaban J connectivity index is 2.86. The maximum atomic E-state index is 2.34. The number of fused-ring (bicyclic) bond motifs is 1. The van der Waals surface area contributed by atoms with Gasteiger partial charge < -0.3 is 0 Å². The Morgan fingerprint density at radius 1 is 0.714 bits per heavy atom. The molecule has 0 radical (unpaired) electrons. The van der Waals surface area contributed by atoms with Crippen molar-refractivity contribution >= 4 is 10.8 Å². The minimum absolute atomic E-state index is 1.21. The third-order valence-electron chi connectivity index (χ3n) is 4.65. The van der Waals surface area contributed by atoms with Crippen LogP contribution in [0.1, 0.15) is 67.9 Å². The van der Waals surface area contributed by atoms with Crippen molar-refractivity contribution in [3.05, 3.63) is 46.0 Å². The first-order valence-electron chi connectivity index (χ1n) is 8.68. The van der Waals surface area contributed by atoms with Crippen LogP contribution >= 0.6 is 0 Å². The highest BCUT2D eigenvalue weighted by atomic mass is 14.2. The van der Waals surface area contributed by atoms with E-state index in [4.69, 9.17) is 0 Å². The lowest BCUT2D eigenvalue weighted by Crippen LogP contribution is -2.06. The molecule has 0 saturated heterocycles. The zero-order chi connectivity index (χ0) is 15.4. The van der Waals surface area contributed by atoms with E-state index in [1.807, 2.05) is 0 Å². The van der Waals surface area contributed by atoms with E-state index < -0.39 is 0 Å². The molecule has 0 heterocycles. The average molecular weight is 282 g/mol. The van der Waals surface area contributed by atoms with E-state index in [0.29, 0.717) is 0 Å². The summed E-state index contributed by atoms with van der Waals surface area (Å²) in [7, 11) is 0. The Hall–Kier alpha value is -1.30. The van der Waals surface area contributed by atoms with Crippen LogP contribution in [0.3, 0.4) is 0 Å². The van der Waals surface area contributed by atoms with Crippen molar-refractivity contribution in [1.82, 2.24) is 0 Å². The number of aryl methyl sites for hydroxylation is 3. The van der Waals surface area contributed by atoms with Gasteiger partial charge in [-0.15, -0.1) is 0 Å². The number of rotatable bonds is 6. The summed E-state index contributed by atoms with van der Waals surface area (Å²) in [5.74, 6) is 0. The highest BCUT2D eigenvalue weighted by molar-refractivity contribution is 5.93. The molecule has 0 bridgehead atoms. The van der Waals surface area contributed by atoms with Crippen LogP contribution in [0.15, 0.2) is 18.2 Å². The Morgan fingerprint density at radius 3 is 1.90 bits per heavy atom. The molecule has 0 amide bonds. The van der Waals surface area contributed by atoms with Crippen LogP contribution in [0.25, 0.3) is 10.8 Å². The summed E-state index contributed by atoms with van der Waals surface area (Å²) in [6.45, 7) is 11.5. The molecule has 0 heteroatoms. The second kappa shape index (κ2) is 7.11. The van der Waals surface area contributed by atoms with E-state index in [1.165, 1.54) is 60.4 Å². The van der Waals surface area contributed by atoms with Crippen LogP contribution in [-0.2, 0) is 19.3 Å². The van der Waals surface area contributed by atoms with Crippen LogP contribution in [0.5, 0.6) is 0 Å². The average Bonchev–Trinajstić information content (AvgIpc) is 2.47. The van der Waals surface area contributed by atoms with E-state index in [2.05, 4.69) is 52.8 Å². The fourth-order valence-electron chi connectivity index (χ4n) is 3.81. The third-order valence-corrected chi connectivity index (χ3v) is 4.65. The van der Waals surface area contributed by atoms with Gasteiger partial charge in [0.2, 0.25) is 0 Å². The van der Waals surface area contributed by atoms with Gasteiger partial charge in [-0.2, -0.15) is 0 Å². The summed E-state index contributed by atoms with van der Waals surface area (Å²) in [6.07, 6.45) is 7.38. The fourth-order valence-corrected chi connectivity index (χ4v) is 3.81. The summed E-state index contributed by atoms with van der Waals surface area (Å²) < 4.78 is 0. The minimum atomic E-state index is 1.21. The first-order chi connectivity index (χ1) is 10.2. The Kier molecular flexibility index (Phi) is 5.45. The summed E-state index contributed by atoms with van der Waals surface area (Å²) in [4.78, 5) is 0. The van der Waals surface area contributed by atoms with Crippen molar-refractivity contribution in [3.63, 3.8) is 0 Å². The molecule has 0 fully saturated rings. The van der Waals surface area contributed by atoms with Gasteiger partial charge in [-0.25, -0.2) is 0 Å². The summed E-state index contributed by atoms with van der Waals surface area (Å²) in [5.41, 5.74) is 7.91. The van der Waals surface area contributed by atoms with Gasteiger partial charge >= 0.3 is 0 Å². The Bertz CT molecular complexity index is 620. The lowest BCUT2D eigenvalue weighted by Gasteiger charge is -2.22. The van der Waals surface area contributed by atoms with Gasteiger partial charge in [0.1, 0.15) is 0 Å². The molecule has 0 aliphatic heterocycles. The molecule has 0 aliphatic rings. The van der Waals surface area contributed by atoms with Crippen LogP contribution in [-0.4, -0.2) is 0 Å². The number of hydrogen-bond acceptors (Lipinski definition) is 0. The molecule has 0 N–H and O–H groups in total. The standard InChI is InChI=1S/C21H30/c1-6-10-17-16(5)21-15(4)13-9-14-20(21)19(12-8-3)18(17)11-7-2/h9,13-14H,6-8,10-12H2,1-5H3. The summed E-state index contributed by atoms with van der Waals surface area (Å²) in [6, 6.07) is 6.83. The van der Waals surface area contributed by atoms with Gasteiger partial charge in [0.05, 0.1) is 0 Å². The molecule has 2 rings (SSSR count). The minimum Gasteiger partial charge on any atom is -0.0651 e. The highest BCUT2D eigenvalue weighted by Gasteiger charge is 2.16. The smallest absolute Gasteiger partial charge is 0.0120 e. The zero-order valence-electron chi connectivity index (χ0n) is 14.5. The molecule has 0 aliphatic carbocycles. The summed E-state index contributed by atoms with van der Waals surface area (Å²) >= 11 is 0. The van der Waals surface area contributed by atoms with Crippen LogP contribution in [0, 0.1) is 13.8 Å². The van der Waals surface area contributed by atoms with Gasteiger partial charge in [0.25, 0.3) is 0 Å². The third kappa shape index (κ3) is 3.00. The normalized spacial score (nSPS) is 11.3. The van der Waals surface area contributed by atoms with Gasteiger partial charge in [-0.05, 0) is 71.7 Å². The molecule has 2 aromatic rings. The van der Waals surface area contributed by atoms with Gasteiger partial charge in [0, 0.05) is 0 Å². The molecule has 0 nitrogen and oxygen atoms in total. The molecule has 21 heavy (non-hydrogen) atoms. The van der Waals surface area contributed by atoms with Crippen molar-refractivity contribution in [2.75, 3.05) is 0 Å². The zero-order valence-corrected chi connectivity index (χ0v) is 14.5. The monoisotopic (exact) mass is 282 g/mol. The number of hydrogen-bond donors (Lipinski definition) is 0. The summed E-state index contributed by atoms with van der Waals surface area (Å²) in [5, 5.41) is 3.03. The topological polar surface area (TPSA) is 0 Å². The fraction of sp³-hybridized carbons (Fsp3) is 0.524. The van der Waals surface area contributed by atoms with Crippen molar-refractivity contribution in [3.8, 4) is 0 Å². The van der Waals surface area contributed by atoms with Crippen LogP contribution in [0.4, 0.5) is 0 Å². The largest absolute Gasteiger partial charge is 0.0651 e. The second-order valence-electron chi connectivity index (χ2n) is 6.31. The second-order valence-corrected chi connectivity index (χ2v) is 6.31. The van der Waals surface area contributed by atoms with Crippen molar-refractivity contribution in [2.45, 2.75) is 73.1 Å². The molecule has 0 atom stereocenters. The Morgan fingerprint density at radius 2 is 1.29 bits per heavy atom. The highest BCUT2D eigenvalue weighted by Crippen LogP contribution is 2.34. The van der Waals surface area contributed by atoms with Crippen LogP contribution < -0.4 is 0 Å². The van der Waals surface area contributed by atoms with E-state index in [-0.39, 0.29) is 0 Å². The Labute approximate surface area is 130 Å². The lowest BCUT2D eigenvalue weighted by molar-refractivity contribution is 0.827. The molecule has 0 unspecified atom stereocenters. The van der Waals surface area contributed by atoms with Crippen molar-refractivity contribution in [1.29, 1.82) is 0 Å². The molecule has 0 aromatic heterocycles. The van der Waals surface area contributed by atoms with Crippen molar-refractivity contribution < 1.29 is 0 Å². The maximum Gasteiger partial charge on any atom is -0.0120 e. The first kappa shape index (κ1) is 16.1. The van der Waals surface area contributed by atoms with Gasteiger partial charge in [-0.3, -0.25) is 0 Å². The van der Waals surface area contributed by atoms with E-state index in [1.54, 1.807) is 16.7 Å². The molecular formula is C21H30. The van der Waals surface area contributed by atoms with E-state index in [0.717, 1.165) is 0 Å². The van der Waals surface area contributed by atoms with Crippen molar-refractivity contribution in [2.24, 2.45) is 0 Å². The van der Waals surface area contributed by atoms with Gasteiger partial charge in [-0.1, -0.05) is 58.2 Å². The molecule has 114 valence electrons. The first-order valence-corrected chi connectivity index (χ1v) is 8.68. The molecule has 2 aromatic carbocycles. The molecular weight excluding hydrogens is 252 g/mol. The van der Waals surface area contributed by atoms with E-state index >= 15 is 0 Å². The predicted octanol–water partition coefficient (Wildman–Crippen LogP) is 6.31. The SMILES string of the molecule is CCCc1c(CCC)c(C)c2c(C)cccc2c1CCC. The maximum absolute atomic E-state index is 2.34.